The van der Waals surface area contributed by atoms with Gasteiger partial charge in [0.05, 0.1) is 24.0 Å². The lowest BCUT2D eigenvalue weighted by atomic mass is 9.94. The van der Waals surface area contributed by atoms with E-state index in [1.807, 2.05) is 22.8 Å². The van der Waals surface area contributed by atoms with Gasteiger partial charge in [-0.1, -0.05) is 0 Å². The van der Waals surface area contributed by atoms with Crippen LogP contribution in [0.15, 0.2) is 17.2 Å². The number of likely N-dealkylation sites (tertiary alicyclic amines) is 1. The Morgan fingerprint density at radius 2 is 1.97 bits per heavy atom. The molecule has 0 aromatic carbocycles. The Bertz CT molecular complexity index is 1020. The smallest absolute Gasteiger partial charge is 0.256 e. The van der Waals surface area contributed by atoms with E-state index in [4.69, 9.17) is 9.72 Å². The summed E-state index contributed by atoms with van der Waals surface area (Å²) < 4.78 is 7.21. The maximum Gasteiger partial charge on any atom is 0.256 e. The Kier molecular flexibility index (Phi) is 6.10. The summed E-state index contributed by atoms with van der Waals surface area (Å²) in [4.78, 5) is 38.0. The van der Waals surface area contributed by atoms with Crippen molar-refractivity contribution < 1.29 is 9.53 Å². The first kappa shape index (κ1) is 21.3. The number of aromatic nitrogens is 4. The second-order valence-corrected chi connectivity index (χ2v) is 9.35. The molecular weight excluding hydrogens is 408 g/mol. The molecule has 0 atom stereocenters. The van der Waals surface area contributed by atoms with Gasteiger partial charge in [0.25, 0.3) is 5.56 Å². The van der Waals surface area contributed by atoms with Crippen molar-refractivity contribution in [3.63, 3.8) is 0 Å². The number of fused-ring (bicyclic) bond motifs is 1. The highest BCUT2D eigenvalue weighted by atomic mass is 16.5. The highest BCUT2D eigenvalue weighted by Gasteiger charge is 2.31. The van der Waals surface area contributed by atoms with Crippen LogP contribution < -0.4 is 5.56 Å². The zero-order chi connectivity index (χ0) is 22.1. The van der Waals surface area contributed by atoms with E-state index in [1.165, 1.54) is 5.56 Å². The van der Waals surface area contributed by atoms with Crippen LogP contribution in [0.5, 0.6) is 0 Å². The lowest BCUT2D eigenvalue weighted by Gasteiger charge is -2.33. The molecule has 0 bridgehead atoms. The number of carbonyl (C=O) groups is 1. The first-order chi connectivity index (χ1) is 15.6. The average molecular weight is 441 g/mol. The third-order valence-corrected chi connectivity index (χ3v) is 7.11. The molecule has 5 rings (SSSR count). The molecule has 0 spiro atoms. The Morgan fingerprint density at radius 1 is 1.19 bits per heavy atom. The average Bonchev–Trinajstić information content (AvgIpc) is 3.24. The number of hydrogen-bond donors (Lipinski definition) is 1. The molecule has 0 aliphatic carbocycles. The molecule has 32 heavy (non-hydrogen) atoms. The van der Waals surface area contributed by atoms with Crippen LogP contribution in [0.25, 0.3) is 0 Å². The molecule has 0 radical (unpaired) electrons. The van der Waals surface area contributed by atoms with Gasteiger partial charge in [0, 0.05) is 63.4 Å². The van der Waals surface area contributed by atoms with Crippen molar-refractivity contribution in [3.05, 3.63) is 45.4 Å². The minimum Gasteiger partial charge on any atom is -0.381 e. The van der Waals surface area contributed by atoms with Crippen LogP contribution >= 0.6 is 0 Å². The van der Waals surface area contributed by atoms with Gasteiger partial charge in [0.15, 0.2) is 0 Å². The predicted octanol–water partition coefficient (Wildman–Crippen LogP) is 1.19. The standard InChI is InChI=1S/C23H32N6O3/c1-27-13-16(12-24-27)14-28-7-2-17(3-8-28)21-25-20-4-9-29(15-19(20)22(30)26-21)23(31)18-5-10-32-11-6-18/h12-13,17-18H,2-11,14-15H2,1H3,(H,25,26,30). The second-order valence-electron chi connectivity index (χ2n) is 9.35. The number of amides is 1. The molecule has 172 valence electrons. The molecule has 9 heteroatoms. The monoisotopic (exact) mass is 440 g/mol. The molecule has 0 saturated carbocycles. The van der Waals surface area contributed by atoms with Gasteiger partial charge in [-0.05, 0) is 38.8 Å². The lowest BCUT2D eigenvalue weighted by molar-refractivity contribution is -0.139. The molecule has 3 aliphatic rings. The van der Waals surface area contributed by atoms with Crippen LogP contribution in [0.3, 0.4) is 0 Å². The number of aromatic amines is 1. The molecule has 2 aromatic rings. The van der Waals surface area contributed by atoms with E-state index < -0.39 is 0 Å². The van der Waals surface area contributed by atoms with E-state index in [0.717, 1.165) is 56.8 Å². The van der Waals surface area contributed by atoms with Crippen LogP contribution in [-0.2, 0) is 36.1 Å². The van der Waals surface area contributed by atoms with Crippen molar-refractivity contribution in [2.45, 2.75) is 51.1 Å². The molecule has 1 N–H and O–H groups in total. The number of ether oxygens (including phenoxy) is 1. The number of nitrogens with zero attached hydrogens (tertiary/aromatic N) is 5. The summed E-state index contributed by atoms with van der Waals surface area (Å²) in [6.07, 6.45) is 8.15. The third-order valence-electron chi connectivity index (χ3n) is 7.11. The van der Waals surface area contributed by atoms with Crippen molar-refractivity contribution in [1.82, 2.24) is 29.5 Å². The molecule has 2 aromatic heterocycles. The molecular formula is C23H32N6O3. The summed E-state index contributed by atoms with van der Waals surface area (Å²) in [5, 5.41) is 4.25. The van der Waals surface area contributed by atoms with E-state index in [0.29, 0.717) is 38.3 Å². The largest absolute Gasteiger partial charge is 0.381 e. The second kappa shape index (κ2) is 9.15. The quantitative estimate of drug-likeness (QED) is 0.767. The van der Waals surface area contributed by atoms with E-state index in [1.54, 1.807) is 0 Å². The van der Waals surface area contributed by atoms with Gasteiger partial charge in [0.2, 0.25) is 5.91 Å². The molecule has 3 aliphatic heterocycles. The molecule has 9 nitrogen and oxygen atoms in total. The zero-order valence-electron chi connectivity index (χ0n) is 18.8. The maximum atomic E-state index is 12.9. The Balaban J connectivity index is 1.22. The predicted molar refractivity (Wildman–Crippen MR) is 118 cm³/mol. The highest BCUT2D eigenvalue weighted by molar-refractivity contribution is 5.79. The van der Waals surface area contributed by atoms with Crippen molar-refractivity contribution in [3.8, 4) is 0 Å². The summed E-state index contributed by atoms with van der Waals surface area (Å²) in [6, 6.07) is 0. The number of aryl methyl sites for hydroxylation is 1. The Hall–Kier alpha value is -2.52. The van der Waals surface area contributed by atoms with Gasteiger partial charge in [-0.15, -0.1) is 0 Å². The topological polar surface area (TPSA) is 96.4 Å². The number of carbonyl (C=O) groups excluding carboxylic acids is 1. The molecule has 0 unspecified atom stereocenters. The lowest BCUT2D eigenvalue weighted by Crippen LogP contribution is -2.44. The Labute approximate surface area is 187 Å². The maximum absolute atomic E-state index is 12.9. The summed E-state index contributed by atoms with van der Waals surface area (Å²) in [5.41, 5.74) is 2.69. The normalized spacial score (nSPS) is 21.0. The van der Waals surface area contributed by atoms with E-state index in [2.05, 4.69) is 21.2 Å². The number of hydrogen-bond acceptors (Lipinski definition) is 6. The highest BCUT2D eigenvalue weighted by Crippen LogP contribution is 2.27. The molecule has 2 saturated heterocycles. The van der Waals surface area contributed by atoms with Crippen molar-refractivity contribution >= 4 is 5.91 Å². The number of piperidine rings is 1. The van der Waals surface area contributed by atoms with Crippen LogP contribution in [0, 0.1) is 5.92 Å². The van der Waals surface area contributed by atoms with Crippen LogP contribution in [-0.4, -0.2) is 68.3 Å². The number of rotatable bonds is 4. The van der Waals surface area contributed by atoms with Gasteiger partial charge in [-0.25, -0.2) is 4.98 Å². The van der Waals surface area contributed by atoms with E-state index in [-0.39, 0.29) is 23.3 Å². The number of H-pyrrole nitrogens is 1. The third kappa shape index (κ3) is 4.49. The minimum atomic E-state index is -0.0766. The van der Waals surface area contributed by atoms with Crippen LogP contribution in [0.1, 0.15) is 54.2 Å². The fraction of sp³-hybridized carbons (Fsp3) is 0.652. The van der Waals surface area contributed by atoms with Gasteiger partial charge < -0.3 is 14.6 Å². The van der Waals surface area contributed by atoms with E-state index in [9.17, 15) is 9.59 Å². The van der Waals surface area contributed by atoms with Gasteiger partial charge >= 0.3 is 0 Å². The summed E-state index contributed by atoms with van der Waals surface area (Å²) in [5.74, 6) is 1.27. The zero-order valence-corrected chi connectivity index (χ0v) is 18.8. The first-order valence-corrected chi connectivity index (χ1v) is 11.7. The summed E-state index contributed by atoms with van der Waals surface area (Å²) in [7, 11) is 1.94. The molecule has 1 amide bonds. The number of nitrogens with one attached hydrogen (secondary N) is 1. The molecule has 5 heterocycles. The Morgan fingerprint density at radius 3 is 2.69 bits per heavy atom. The summed E-state index contributed by atoms with van der Waals surface area (Å²) in [6.45, 7) is 5.17. The first-order valence-electron chi connectivity index (χ1n) is 11.7. The minimum absolute atomic E-state index is 0.0217. The van der Waals surface area contributed by atoms with Crippen molar-refractivity contribution in [1.29, 1.82) is 0 Å². The van der Waals surface area contributed by atoms with Crippen molar-refractivity contribution in [2.75, 3.05) is 32.8 Å². The summed E-state index contributed by atoms with van der Waals surface area (Å²) >= 11 is 0. The van der Waals surface area contributed by atoms with Crippen LogP contribution in [0.2, 0.25) is 0 Å². The van der Waals surface area contributed by atoms with Gasteiger partial charge in [-0.2, -0.15) is 5.10 Å². The molecule has 2 fully saturated rings. The van der Waals surface area contributed by atoms with Gasteiger partial charge in [-0.3, -0.25) is 19.2 Å². The van der Waals surface area contributed by atoms with Crippen molar-refractivity contribution in [2.24, 2.45) is 13.0 Å². The van der Waals surface area contributed by atoms with E-state index >= 15 is 0 Å². The fourth-order valence-corrected chi connectivity index (χ4v) is 5.20. The van der Waals surface area contributed by atoms with Gasteiger partial charge in [0.1, 0.15) is 5.82 Å². The van der Waals surface area contributed by atoms with Crippen LogP contribution in [0.4, 0.5) is 0 Å². The fourth-order valence-electron chi connectivity index (χ4n) is 5.20. The SMILES string of the molecule is Cn1cc(CN2CCC(c3nc4c(c(=O)[nH]3)CN(C(=O)C3CCOCC3)CC4)CC2)cn1.